The van der Waals surface area contributed by atoms with Crippen molar-refractivity contribution in [1.82, 2.24) is 19.9 Å². The number of hydrogen-bond acceptors (Lipinski definition) is 5. The molecule has 3 rings (SSSR count). The summed E-state index contributed by atoms with van der Waals surface area (Å²) >= 11 is 1.75. The van der Waals surface area contributed by atoms with Gasteiger partial charge in [0.05, 0.1) is 6.61 Å². The molecule has 0 spiro atoms. The third-order valence-corrected chi connectivity index (χ3v) is 5.69. The molecule has 0 bridgehead atoms. The molecule has 1 aliphatic rings. The lowest BCUT2D eigenvalue weighted by Gasteiger charge is -2.33. The summed E-state index contributed by atoms with van der Waals surface area (Å²) in [7, 11) is 1.97. The molecule has 6 heteroatoms. The highest BCUT2D eigenvalue weighted by atomic mass is 32.2. The fourth-order valence-corrected chi connectivity index (χ4v) is 4.37. The first kappa shape index (κ1) is 14.8. The summed E-state index contributed by atoms with van der Waals surface area (Å²) in [4.78, 5) is 0. The Bertz CT molecular complexity index is 596. The second-order valence-corrected chi connectivity index (χ2v) is 6.76. The molecule has 0 saturated heterocycles. The van der Waals surface area contributed by atoms with Crippen molar-refractivity contribution in [3.63, 3.8) is 0 Å². The molecule has 0 aliphatic heterocycles. The van der Waals surface area contributed by atoms with Gasteiger partial charge in [0, 0.05) is 17.5 Å². The van der Waals surface area contributed by atoms with E-state index in [1.54, 1.807) is 11.8 Å². The molecule has 0 aromatic carbocycles. The standard InChI is InChI=1S/C15H22N4OS/c1-16-15(11-20)8-4-5-12(15)7-10-21-14-18-17-13-6-2-3-9-19(13)14/h2-3,6,9,12,16,20H,4-5,7-8,10-11H2,1H3. The number of aliphatic hydroxyl groups excluding tert-OH is 1. The van der Waals surface area contributed by atoms with E-state index >= 15 is 0 Å². The van der Waals surface area contributed by atoms with Crippen LogP contribution in [0, 0.1) is 5.92 Å². The predicted octanol–water partition coefficient (Wildman–Crippen LogP) is 1.96. The minimum Gasteiger partial charge on any atom is -0.394 e. The number of thioether (sulfide) groups is 1. The van der Waals surface area contributed by atoms with Crippen molar-refractivity contribution in [1.29, 1.82) is 0 Å². The Labute approximate surface area is 129 Å². The largest absolute Gasteiger partial charge is 0.394 e. The molecule has 2 aromatic rings. The third kappa shape index (κ3) is 2.80. The lowest BCUT2D eigenvalue weighted by Crippen LogP contribution is -2.49. The van der Waals surface area contributed by atoms with Gasteiger partial charge in [0.2, 0.25) is 0 Å². The van der Waals surface area contributed by atoms with E-state index in [0.29, 0.717) is 5.92 Å². The smallest absolute Gasteiger partial charge is 0.195 e. The number of aliphatic hydroxyl groups is 1. The minimum absolute atomic E-state index is 0.0759. The summed E-state index contributed by atoms with van der Waals surface area (Å²) in [6, 6.07) is 5.93. The third-order valence-electron chi connectivity index (χ3n) is 4.72. The van der Waals surface area contributed by atoms with E-state index < -0.39 is 0 Å². The van der Waals surface area contributed by atoms with Crippen LogP contribution in [0.25, 0.3) is 5.65 Å². The molecular formula is C15H22N4OS. The van der Waals surface area contributed by atoms with Gasteiger partial charge >= 0.3 is 0 Å². The topological polar surface area (TPSA) is 62.5 Å². The number of nitrogens with zero attached hydrogens (tertiary/aromatic N) is 3. The molecule has 2 unspecified atom stereocenters. The Balaban J connectivity index is 1.61. The van der Waals surface area contributed by atoms with Gasteiger partial charge in [-0.3, -0.25) is 4.40 Å². The Hall–Kier alpha value is -1.11. The van der Waals surface area contributed by atoms with Gasteiger partial charge in [-0.05, 0) is 44.4 Å². The number of nitrogens with one attached hydrogen (secondary N) is 1. The number of fused-ring (bicyclic) bond motifs is 1. The first-order chi connectivity index (χ1) is 10.3. The molecule has 2 N–H and O–H groups in total. The molecule has 5 nitrogen and oxygen atoms in total. The van der Waals surface area contributed by atoms with Gasteiger partial charge in [-0.25, -0.2) is 0 Å². The van der Waals surface area contributed by atoms with E-state index in [2.05, 4.69) is 15.5 Å². The number of rotatable bonds is 6. The SMILES string of the molecule is CNC1(CO)CCCC1CCSc1nnc2ccccn12. The number of pyridine rings is 1. The van der Waals surface area contributed by atoms with Gasteiger partial charge in [-0.2, -0.15) is 0 Å². The van der Waals surface area contributed by atoms with Gasteiger partial charge in [0.1, 0.15) is 0 Å². The Morgan fingerprint density at radius 2 is 2.38 bits per heavy atom. The van der Waals surface area contributed by atoms with Crippen molar-refractivity contribution in [2.75, 3.05) is 19.4 Å². The van der Waals surface area contributed by atoms with Crippen LogP contribution in [0.3, 0.4) is 0 Å². The summed E-state index contributed by atoms with van der Waals surface area (Å²) in [5, 5.41) is 22.4. The van der Waals surface area contributed by atoms with Crippen LogP contribution in [0.1, 0.15) is 25.7 Å². The molecule has 1 fully saturated rings. The zero-order chi connectivity index (χ0) is 14.7. The zero-order valence-electron chi connectivity index (χ0n) is 12.3. The van der Waals surface area contributed by atoms with Crippen LogP contribution in [-0.2, 0) is 0 Å². The van der Waals surface area contributed by atoms with Crippen molar-refractivity contribution >= 4 is 17.4 Å². The molecular weight excluding hydrogens is 284 g/mol. The molecule has 1 saturated carbocycles. The Morgan fingerprint density at radius 3 is 3.19 bits per heavy atom. The molecule has 0 amide bonds. The minimum atomic E-state index is -0.0759. The van der Waals surface area contributed by atoms with Gasteiger partial charge < -0.3 is 10.4 Å². The highest BCUT2D eigenvalue weighted by Crippen LogP contribution is 2.38. The van der Waals surface area contributed by atoms with Crippen molar-refractivity contribution in [3.05, 3.63) is 24.4 Å². The summed E-state index contributed by atoms with van der Waals surface area (Å²) in [5.74, 6) is 1.54. The molecule has 2 heterocycles. The monoisotopic (exact) mass is 306 g/mol. The maximum absolute atomic E-state index is 9.72. The average Bonchev–Trinajstić information content (AvgIpc) is 3.12. The van der Waals surface area contributed by atoms with Crippen LogP contribution in [0.2, 0.25) is 0 Å². The first-order valence-corrected chi connectivity index (χ1v) is 8.50. The van der Waals surface area contributed by atoms with Crippen LogP contribution in [-0.4, -0.2) is 44.7 Å². The van der Waals surface area contributed by atoms with Crippen LogP contribution in [0.4, 0.5) is 0 Å². The summed E-state index contributed by atoms with van der Waals surface area (Å²) in [5.41, 5.74) is 0.814. The molecule has 21 heavy (non-hydrogen) atoms. The fraction of sp³-hybridized carbons (Fsp3) is 0.600. The second-order valence-electron chi connectivity index (χ2n) is 5.70. The van der Waals surface area contributed by atoms with Gasteiger partial charge in [0.25, 0.3) is 0 Å². The van der Waals surface area contributed by atoms with E-state index in [0.717, 1.165) is 29.4 Å². The molecule has 2 atom stereocenters. The van der Waals surface area contributed by atoms with E-state index in [-0.39, 0.29) is 12.1 Å². The highest BCUT2D eigenvalue weighted by Gasteiger charge is 2.40. The van der Waals surface area contributed by atoms with Crippen LogP contribution < -0.4 is 5.32 Å². The van der Waals surface area contributed by atoms with Crippen molar-refractivity contribution in [3.8, 4) is 0 Å². The van der Waals surface area contributed by atoms with Crippen molar-refractivity contribution < 1.29 is 5.11 Å². The molecule has 114 valence electrons. The predicted molar refractivity (Wildman–Crippen MR) is 84.5 cm³/mol. The fourth-order valence-electron chi connectivity index (χ4n) is 3.39. The van der Waals surface area contributed by atoms with Crippen LogP contribution in [0.5, 0.6) is 0 Å². The normalized spacial score (nSPS) is 25.7. The lowest BCUT2D eigenvalue weighted by molar-refractivity contribution is 0.130. The van der Waals surface area contributed by atoms with E-state index in [4.69, 9.17) is 0 Å². The van der Waals surface area contributed by atoms with Gasteiger partial charge in [0.15, 0.2) is 10.8 Å². The Kier molecular flexibility index (Phi) is 4.47. The summed E-state index contributed by atoms with van der Waals surface area (Å²) in [6.45, 7) is 0.229. The lowest BCUT2D eigenvalue weighted by atomic mass is 9.86. The van der Waals surface area contributed by atoms with Crippen molar-refractivity contribution in [2.24, 2.45) is 5.92 Å². The van der Waals surface area contributed by atoms with E-state index in [9.17, 15) is 5.11 Å². The number of likely N-dealkylation sites (N-methyl/N-ethyl adjacent to an activating group) is 1. The van der Waals surface area contributed by atoms with Gasteiger partial charge in [-0.15, -0.1) is 10.2 Å². The van der Waals surface area contributed by atoms with E-state index in [1.807, 2.05) is 35.8 Å². The molecule has 1 aliphatic carbocycles. The van der Waals surface area contributed by atoms with Gasteiger partial charge in [-0.1, -0.05) is 24.2 Å². The van der Waals surface area contributed by atoms with E-state index in [1.165, 1.54) is 12.8 Å². The molecule has 2 aromatic heterocycles. The van der Waals surface area contributed by atoms with Crippen molar-refractivity contribution in [2.45, 2.75) is 36.4 Å². The van der Waals surface area contributed by atoms with Crippen LogP contribution >= 0.6 is 11.8 Å². The van der Waals surface area contributed by atoms with Crippen LogP contribution in [0.15, 0.2) is 29.6 Å². The number of hydrogen-bond donors (Lipinski definition) is 2. The highest BCUT2D eigenvalue weighted by molar-refractivity contribution is 7.99. The maximum Gasteiger partial charge on any atom is 0.195 e. The average molecular weight is 306 g/mol. The maximum atomic E-state index is 9.72. The number of aromatic nitrogens is 3. The zero-order valence-corrected chi connectivity index (χ0v) is 13.1. The summed E-state index contributed by atoms with van der Waals surface area (Å²) in [6.07, 6.45) is 6.56. The molecule has 0 radical (unpaired) electrons. The quantitative estimate of drug-likeness (QED) is 0.799. The Morgan fingerprint density at radius 1 is 1.48 bits per heavy atom. The first-order valence-electron chi connectivity index (χ1n) is 7.51. The second kappa shape index (κ2) is 6.34. The summed E-state index contributed by atoms with van der Waals surface area (Å²) < 4.78 is 2.02.